The Labute approximate surface area is 57.5 Å². The van der Waals surface area contributed by atoms with Crippen LogP contribution < -0.4 is 57.8 Å². The fourth-order valence-corrected chi connectivity index (χ4v) is 0. The Morgan fingerprint density at radius 3 is 0.833 bits per heavy atom. The SMILES string of the molecule is [I+].[O-][I+3]([O-])([O-])[O-]. The lowest BCUT2D eigenvalue weighted by molar-refractivity contribution is -2.00. The summed E-state index contributed by atoms with van der Waals surface area (Å²) in [5.41, 5.74) is 0. The van der Waals surface area contributed by atoms with Crippen molar-refractivity contribution < 1.29 is 57.8 Å². The highest BCUT2D eigenvalue weighted by Crippen LogP contribution is 0.104. The fraction of sp³-hybridized carbons (Fsp3) is 0. The first kappa shape index (κ1) is 10.3. The van der Waals surface area contributed by atoms with E-state index >= 15 is 0 Å². The summed E-state index contributed by atoms with van der Waals surface area (Å²) in [4.78, 5) is 0. The third-order valence-electron chi connectivity index (χ3n) is 0. The molecular formula is I2O4. The molecule has 0 aromatic heterocycles. The van der Waals surface area contributed by atoms with Crippen LogP contribution in [-0.4, -0.2) is 0 Å². The van der Waals surface area contributed by atoms with Crippen LogP contribution in [0, 0.1) is 0 Å². The molecule has 0 unspecified atom stereocenters. The zero-order chi connectivity index (χ0) is 4.50. The van der Waals surface area contributed by atoms with Crippen molar-refractivity contribution >= 4 is 0 Å². The normalized spacial score (nSPS) is 10.0. The van der Waals surface area contributed by atoms with Crippen LogP contribution in [0.15, 0.2) is 0 Å². The summed E-state index contributed by atoms with van der Waals surface area (Å²) >= 11 is -5.94. The molecule has 0 spiro atoms. The van der Waals surface area contributed by atoms with E-state index < -0.39 is 20.1 Å². The van der Waals surface area contributed by atoms with Gasteiger partial charge < -0.3 is 0 Å². The van der Waals surface area contributed by atoms with E-state index in [-0.39, 0.29) is 24.0 Å². The van der Waals surface area contributed by atoms with Crippen molar-refractivity contribution in [2.24, 2.45) is 0 Å². The predicted molar refractivity (Wildman–Crippen MR) is 0 cm³/mol. The molecule has 0 heterocycles. The van der Waals surface area contributed by atoms with E-state index in [9.17, 15) is 0 Å². The van der Waals surface area contributed by atoms with Crippen LogP contribution in [0.3, 0.4) is 0 Å². The molecule has 0 saturated carbocycles. The van der Waals surface area contributed by atoms with Gasteiger partial charge >= 0.3 is 24.0 Å². The van der Waals surface area contributed by atoms with Crippen molar-refractivity contribution in [3.05, 3.63) is 0 Å². The van der Waals surface area contributed by atoms with Gasteiger partial charge in [0.05, 0.1) is 0 Å². The van der Waals surface area contributed by atoms with Crippen molar-refractivity contribution in [3.63, 3.8) is 0 Å². The smallest absolute Gasteiger partial charge is 0.286 e. The van der Waals surface area contributed by atoms with Crippen molar-refractivity contribution in [3.8, 4) is 0 Å². The van der Waals surface area contributed by atoms with Crippen LogP contribution in [0.4, 0.5) is 0 Å². The minimum atomic E-state index is -5.94. The number of hydrogen-bond donors (Lipinski definition) is 0. The molecule has 0 aromatic rings. The summed E-state index contributed by atoms with van der Waals surface area (Å²) in [7, 11) is 0. The van der Waals surface area contributed by atoms with E-state index in [4.69, 9.17) is 13.7 Å². The first-order valence-corrected chi connectivity index (χ1v) is 4.14. The summed E-state index contributed by atoms with van der Waals surface area (Å²) in [6.07, 6.45) is 0. The molecule has 0 aliphatic rings. The van der Waals surface area contributed by atoms with Gasteiger partial charge in [0, 0.05) is 0 Å². The molecule has 0 saturated heterocycles. The van der Waals surface area contributed by atoms with Gasteiger partial charge in [-0.25, -0.2) is 0 Å². The largest absolute Gasteiger partial charge is 1.00 e. The lowest BCUT2D eigenvalue weighted by Gasteiger charge is -2.08. The molecule has 38 valence electrons. The average Bonchev–Trinajstić information content (AvgIpc) is 0.722. The predicted octanol–water partition coefficient (Wildman–Crippen LogP) is -10.7. The van der Waals surface area contributed by atoms with Gasteiger partial charge in [-0.3, -0.25) is 13.7 Å². The Morgan fingerprint density at radius 2 is 0.833 bits per heavy atom. The standard InChI is InChI=1S/IO4.I/c2-1(3,4)5;/q-1;+1. The fourth-order valence-electron chi connectivity index (χ4n) is 0. The van der Waals surface area contributed by atoms with E-state index in [1.807, 2.05) is 0 Å². The third-order valence-corrected chi connectivity index (χ3v) is 0. The topological polar surface area (TPSA) is 92.2 Å². The van der Waals surface area contributed by atoms with Crippen molar-refractivity contribution in [2.45, 2.75) is 0 Å². The minimum absolute atomic E-state index is 0. The quantitative estimate of drug-likeness (QED) is 0.415. The first-order chi connectivity index (χ1) is 2.00. The minimum Gasteiger partial charge on any atom is -0.286 e. The second kappa shape index (κ2) is 3.32. The second-order valence-electron chi connectivity index (χ2n) is 0.378. The van der Waals surface area contributed by atoms with E-state index in [1.165, 1.54) is 0 Å². The highest BCUT2D eigenvalue weighted by molar-refractivity contribution is 2.00. The molecular weight excluding hydrogens is 318 g/mol. The Bertz CT molecular complexity index is 21.0. The monoisotopic (exact) mass is 318 g/mol. The van der Waals surface area contributed by atoms with Crippen molar-refractivity contribution in [1.82, 2.24) is 0 Å². The van der Waals surface area contributed by atoms with Gasteiger partial charge in [0.15, 0.2) is 0 Å². The Hall–Kier alpha value is 1.30. The molecule has 2 radical (unpaired) electrons. The molecule has 0 amide bonds. The Morgan fingerprint density at radius 1 is 0.833 bits per heavy atom. The summed E-state index contributed by atoms with van der Waals surface area (Å²) < 4.78 is 34.5. The number of hydrogen-bond acceptors (Lipinski definition) is 4. The maximum absolute atomic E-state index is 8.62. The first-order valence-electron chi connectivity index (χ1n) is 0.617. The molecule has 0 N–H and O–H groups in total. The summed E-state index contributed by atoms with van der Waals surface area (Å²) in [6, 6.07) is 0. The van der Waals surface area contributed by atoms with Gasteiger partial charge in [-0.15, -0.1) is 0 Å². The van der Waals surface area contributed by atoms with Gasteiger partial charge in [-0.1, -0.05) is 0 Å². The summed E-state index contributed by atoms with van der Waals surface area (Å²) in [5, 5.41) is 0. The van der Waals surface area contributed by atoms with Crippen LogP contribution in [0.1, 0.15) is 0 Å². The molecule has 0 fully saturated rings. The van der Waals surface area contributed by atoms with E-state index in [2.05, 4.69) is 0 Å². The zero-order valence-corrected chi connectivity index (χ0v) is 6.70. The molecule has 0 aliphatic heterocycles. The van der Waals surface area contributed by atoms with Gasteiger partial charge in [0.2, 0.25) is 0 Å². The van der Waals surface area contributed by atoms with Gasteiger partial charge in [-0.2, -0.15) is 0 Å². The van der Waals surface area contributed by atoms with Gasteiger partial charge in [-0.05, 0) is 0 Å². The number of halogens is 2. The maximum atomic E-state index is 8.62. The zero-order valence-electron chi connectivity index (χ0n) is 2.39. The third kappa shape index (κ3) is 58.0. The average molecular weight is 318 g/mol. The second-order valence-corrected chi connectivity index (χ2v) is 2.54. The maximum Gasteiger partial charge on any atom is 1.00 e. The van der Waals surface area contributed by atoms with Crippen molar-refractivity contribution in [1.29, 1.82) is 0 Å². The van der Waals surface area contributed by atoms with Crippen molar-refractivity contribution in [2.75, 3.05) is 0 Å². The molecule has 0 rings (SSSR count). The van der Waals surface area contributed by atoms with E-state index in [0.717, 1.165) is 0 Å². The number of rotatable bonds is 0. The Kier molecular flexibility index (Phi) is 5.71. The van der Waals surface area contributed by atoms with Crippen LogP contribution in [-0.2, 0) is 0 Å². The highest BCUT2D eigenvalue weighted by Gasteiger charge is 1.94. The highest BCUT2D eigenvalue weighted by atomic mass is 127. The van der Waals surface area contributed by atoms with E-state index in [1.54, 1.807) is 0 Å². The molecule has 6 heteroatoms. The van der Waals surface area contributed by atoms with Crippen LogP contribution in [0.2, 0.25) is 0 Å². The summed E-state index contributed by atoms with van der Waals surface area (Å²) in [6.45, 7) is 0. The Balaban J connectivity index is 0. The lowest BCUT2D eigenvalue weighted by Crippen LogP contribution is -4.29. The molecule has 0 aromatic carbocycles. The van der Waals surface area contributed by atoms with Crippen LogP contribution in [0.5, 0.6) is 0 Å². The molecule has 0 bridgehead atoms. The van der Waals surface area contributed by atoms with Crippen LogP contribution in [0.25, 0.3) is 0 Å². The molecule has 4 nitrogen and oxygen atoms in total. The molecule has 0 aliphatic carbocycles. The lowest BCUT2D eigenvalue weighted by atomic mass is 16.0. The van der Waals surface area contributed by atoms with Gasteiger partial charge in [0.25, 0.3) is 0 Å². The van der Waals surface area contributed by atoms with Crippen LogP contribution >= 0.6 is 0 Å². The molecule has 6 heavy (non-hydrogen) atoms. The van der Waals surface area contributed by atoms with E-state index in [0.29, 0.717) is 0 Å². The summed E-state index contributed by atoms with van der Waals surface area (Å²) in [5.74, 6) is 0. The van der Waals surface area contributed by atoms with Gasteiger partial charge in [0.1, 0.15) is 20.1 Å². The molecule has 0 atom stereocenters.